The van der Waals surface area contributed by atoms with Gasteiger partial charge in [0.15, 0.2) is 6.23 Å². The first-order chi connectivity index (χ1) is 10.1. The Balaban J connectivity index is 2.57. The van der Waals surface area contributed by atoms with Crippen LogP contribution in [0.5, 0.6) is 0 Å². The molecule has 20 heavy (non-hydrogen) atoms. The zero-order valence-corrected chi connectivity index (χ0v) is 10.7. The van der Waals surface area contributed by atoms with Crippen LogP contribution in [0.25, 0.3) is 0 Å². The van der Waals surface area contributed by atoms with Crippen molar-refractivity contribution in [3.63, 3.8) is 0 Å². The standard InChI is InChI=1S/C11H12ClN3O5/c12-3-2-11(19)8(17)6(5-16)20-9(11)15-4-1-7(13)14-10(15)18/h1,4,6,8-9,16-17,19H,5H2,(H2,13,14,18)/t6-,8+,9-,11?/m1/s1/i5D2. The minimum absolute atomic E-state index is 0.0826. The van der Waals surface area contributed by atoms with Crippen LogP contribution in [0.3, 0.4) is 0 Å². The van der Waals surface area contributed by atoms with E-state index in [0.717, 1.165) is 10.8 Å². The summed E-state index contributed by atoms with van der Waals surface area (Å²) in [6.07, 6.45) is -4.38. The van der Waals surface area contributed by atoms with Gasteiger partial charge in [-0.1, -0.05) is 0 Å². The van der Waals surface area contributed by atoms with Gasteiger partial charge < -0.3 is 25.8 Å². The van der Waals surface area contributed by atoms with Gasteiger partial charge in [-0.05, 0) is 23.6 Å². The van der Waals surface area contributed by atoms with E-state index in [2.05, 4.69) is 10.9 Å². The van der Waals surface area contributed by atoms with Crippen molar-refractivity contribution in [1.29, 1.82) is 0 Å². The van der Waals surface area contributed by atoms with Crippen molar-refractivity contribution in [2.75, 3.05) is 12.3 Å². The van der Waals surface area contributed by atoms with Crippen LogP contribution in [0.4, 0.5) is 5.82 Å². The van der Waals surface area contributed by atoms with E-state index in [0.29, 0.717) is 0 Å². The maximum Gasteiger partial charge on any atom is 0.351 e. The molecule has 9 heteroatoms. The molecule has 5 N–H and O–H groups in total. The molecule has 1 unspecified atom stereocenters. The number of nitrogens with zero attached hydrogens (tertiary/aromatic N) is 2. The molecular formula is C11H12ClN3O5. The average molecular weight is 304 g/mol. The Bertz CT molecular complexity index is 697. The third-order valence-electron chi connectivity index (χ3n) is 2.87. The quantitative estimate of drug-likeness (QED) is 0.465. The summed E-state index contributed by atoms with van der Waals surface area (Å²) in [6, 6.07) is 1.23. The normalized spacial score (nSPS) is 34.9. The lowest BCUT2D eigenvalue weighted by atomic mass is 9.95. The fourth-order valence-corrected chi connectivity index (χ4v) is 2.04. The molecule has 0 saturated carbocycles. The van der Waals surface area contributed by atoms with Gasteiger partial charge >= 0.3 is 5.69 Å². The Hall–Kier alpha value is -1.63. The average Bonchev–Trinajstić information content (AvgIpc) is 2.63. The summed E-state index contributed by atoms with van der Waals surface area (Å²) in [4.78, 5) is 15.3. The van der Waals surface area contributed by atoms with Gasteiger partial charge in [-0.2, -0.15) is 4.98 Å². The Morgan fingerprint density at radius 2 is 2.45 bits per heavy atom. The van der Waals surface area contributed by atoms with Crippen LogP contribution in [0.2, 0.25) is 0 Å². The molecule has 4 atom stereocenters. The molecule has 0 radical (unpaired) electrons. The smallest absolute Gasteiger partial charge is 0.351 e. The molecule has 2 rings (SSSR count). The molecular weight excluding hydrogens is 290 g/mol. The maximum atomic E-state index is 11.8. The molecule has 1 aromatic heterocycles. The first-order valence-electron chi connectivity index (χ1n) is 6.37. The monoisotopic (exact) mass is 303 g/mol. The zero-order valence-electron chi connectivity index (χ0n) is 11.9. The lowest BCUT2D eigenvalue weighted by molar-refractivity contribution is -0.0764. The number of aromatic nitrogens is 2. The highest BCUT2D eigenvalue weighted by molar-refractivity contribution is 6.30. The Morgan fingerprint density at radius 1 is 1.75 bits per heavy atom. The molecule has 1 aliphatic rings. The predicted octanol–water partition coefficient (Wildman–Crippen LogP) is -1.99. The number of aliphatic hydroxyl groups excluding tert-OH is 1. The zero-order chi connectivity index (χ0) is 16.7. The van der Waals surface area contributed by atoms with E-state index in [1.54, 1.807) is 0 Å². The fraction of sp³-hybridized carbons (Fsp3) is 0.455. The number of nitrogens with two attached hydrogens (primary N) is 1. The van der Waals surface area contributed by atoms with Crippen LogP contribution in [0, 0.1) is 11.3 Å². The first kappa shape index (κ1) is 12.1. The van der Waals surface area contributed by atoms with Crippen LogP contribution in [-0.2, 0) is 4.74 Å². The van der Waals surface area contributed by atoms with Gasteiger partial charge in [0.1, 0.15) is 18.0 Å². The van der Waals surface area contributed by atoms with E-state index >= 15 is 0 Å². The van der Waals surface area contributed by atoms with Gasteiger partial charge in [0, 0.05) is 11.6 Å². The lowest BCUT2D eigenvalue weighted by Crippen LogP contribution is -2.47. The van der Waals surface area contributed by atoms with Gasteiger partial charge in [-0.15, -0.1) is 0 Å². The lowest BCUT2D eigenvalue weighted by Gasteiger charge is -2.26. The highest BCUT2D eigenvalue weighted by atomic mass is 35.5. The molecule has 0 bridgehead atoms. The molecule has 0 aromatic carbocycles. The number of halogens is 1. The van der Waals surface area contributed by atoms with E-state index in [1.807, 2.05) is 5.38 Å². The van der Waals surface area contributed by atoms with Crippen molar-refractivity contribution in [3.05, 3.63) is 22.7 Å². The Kier molecular flexibility index (Phi) is 3.27. The second kappa shape index (κ2) is 5.40. The molecule has 8 nitrogen and oxygen atoms in total. The van der Waals surface area contributed by atoms with Gasteiger partial charge in [0.2, 0.25) is 5.60 Å². The van der Waals surface area contributed by atoms with E-state index in [4.69, 9.17) is 24.8 Å². The highest BCUT2D eigenvalue weighted by Gasteiger charge is 2.55. The number of nitrogen functional groups attached to an aromatic ring is 1. The van der Waals surface area contributed by atoms with Crippen molar-refractivity contribution in [1.82, 2.24) is 9.55 Å². The maximum absolute atomic E-state index is 11.8. The Labute approximate surface area is 121 Å². The van der Waals surface area contributed by atoms with Crippen LogP contribution in [0.1, 0.15) is 8.97 Å². The minimum atomic E-state index is -3.00. The molecule has 1 saturated heterocycles. The SMILES string of the molecule is [2H]C([2H])(O)[C@H]1O[C@@H](n2ccc(N)nc2=O)C(O)(C#CCl)[C@H]1O. The fourth-order valence-electron chi connectivity index (χ4n) is 1.89. The van der Waals surface area contributed by atoms with E-state index in [9.17, 15) is 20.1 Å². The summed E-state index contributed by atoms with van der Waals surface area (Å²) in [5.41, 5.74) is 1.98. The van der Waals surface area contributed by atoms with E-state index in [1.165, 1.54) is 6.07 Å². The largest absolute Gasteiger partial charge is 0.394 e. The topological polar surface area (TPSA) is 131 Å². The van der Waals surface area contributed by atoms with E-state index < -0.39 is 36.3 Å². The summed E-state index contributed by atoms with van der Waals surface area (Å²) in [5.74, 6) is 1.98. The number of aliphatic hydroxyl groups is 3. The summed E-state index contributed by atoms with van der Waals surface area (Å²) < 4.78 is 20.3. The molecule has 1 fully saturated rings. The second-order valence-electron chi connectivity index (χ2n) is 4.07. The summed E-state index contributed by atoms with van der Waals surface area (Å²) in [5, 5.41) is 31.8. The third kappa shape index (κ3) is 2.26. The van der Waals surface area contributed by atoms with Crippen LogP contribution in [0.15, 0.2) is 17.1 Å². The molecule has 0 spiro atoms. The van der Waals surface area contributed by atoms with Crippen LogP contribution < -0.4 is 11.4 Å². The van der Waals surface area contributed by atoms with E-state index in [-0.39, 0.29) is 5.82 Å². The molecule has 1 aromatic rings. The van der Waals surface area contributed by atoms with Crippen LogP contribution >= 0.6 is 11.6 Å². The predicted molar refractivity (Wildman–Crippen MR) is 68.5 cm³/mol. The van der Waals surface area contributed by atoms with Crippen molar-refractivity contribution in [2.45, 2.75) is 24.0 Å². The molecule has 2 heterocycles. The highest BCUT2D eigenvalue weighted by Crippen LogP contribution is 2.37. The first-order valence-corrected chi connectivity index (χ1v) is 5.75. The number of hydrogen-bond donors (Lipinski definition) is 4. The van der Waals surface area contributed by atoms with Crippen molar-refractivity contribution >= 4 is 17.4 Å². The molecule has 1 aliphatic heterocycles. The summed E-state index contributed by atoms with van der Waals surface area (Å²) in [6.45, 7) is -3.00. The minimum Gasteiger partial charge on any atom is -0.394 e. The number of rotatable bonds is 2. The molecule has 0 aliphatic carbocycles. The van der Waals surface area contributed by atoms with Crippen molar-refractivity contribution in [3.8, 4) is 11.3 Å². The molecule has 108 valence electrons. The van der Waals surface area contributed by atoms with Crippen molar-refractivity contribution in [2.24, 2.45) is 0 Å². The second-order valence-corrected chi connectivity index (χ2v) is 4.26. The van der Waals surface area contributed by atoms with Gasteiger partial charge in [0.25, 0.3) is 0 Å². The number of hydrogen-bond acceptors (Lipinski definition) is 7. The Morgan fingerprint density at radius 3 is 3.00 bits per heavy atom. The van der Waals surface area contributed by atoms with Crippen molar-refractivity contribution < 1.29 is 22.8 Å². The van der Waals surface area contributed by atoms with Crippen LogP contribution in [-0.4, -0.2) is 49.2 Å². The third-order valence-corrected chi connectivity index (χ3v) is 2.96. The van der Waals surface area contributed by atoms with Gasteiger partial charge in [0.05, 0.1) is 9.30 Å². The molecule has 0 amide bonds. The summed E-state index contributed by atoms with van der Waals surface area (Å²) in [7, 11) is 0. The van der Waals surface area contributed by atoms with Gasteiger partial charge in [-0.25, -0.2) is 4.79 Å². The van der Waals surface area contributed by atoms with Gasteiger partial charge in [-0.3, -0.25) is 4.57 Å². The number of anilines is 1. The number of ether oxygens (including phenoxy) is 1. The summed E-state index contributed by atoms with van der Waals surface area (Å²) >= 11 is 5.25.